The predicted molar refractivity (Wildman–Crippen MR) is 132 cm³/mol. The van der Waals surface area contributed by atoms with Crippen molar-refractivity contribution in [3.63, 3.8) is 0 Å². The molecule has 3 aromatic heterocycles. The molecule has 2 aliphatic carbocycles. The van der Waals surface area contributed by atoms with E-state index in [0.29, 0.717) is 31.2 Å². The number of carbonyl (C=O) groups is 2. The molecule has 2 amide bonds. The number of fused-ring (bicyclic) bond motifs is 2. The number of rotatable bonds is 6. The molecule has 1 aliphatic heterocycles. The summed E-state index contributed by atoms with van der Waals surface area (Å²) in [5, 5.41) is 8.96. The standard InChI is InChI=1S/C25H29N5O2S2/c1-28(11-18-14-33-15-26-18)24(31)22-20-12-29(9-8-21(20)30(27-22)10-16-6-7-16)25(32)23-19-5-3-2-4-17(19)13-34-23/h13-16H,2-12H2,1H3. The molecule has 0 saturated heterocycles. The average Bonchev–Trinajstić information content (AvgIpc) is 3.23. The van der Waals surface area contributed by atoms with E-state index in [9.17, 15) is 9.59 Å². The molecule has 1 saturated carbocycles. The van der Waals surface area contributed by atoms with Crippen molar-refractivity contribution < 1.29 is 9.59 Å². The zero-order valence-electron chi connectivity index (χ0n) is 19.5. The first kappa shape index (κ1) is 22.0. The number of amides is 2. The van der Waals surface area contributed by atoms with Crippen molar-refractivity contribution in [2.45, 2.75) is 64.6 Å². The number of hydrogen-bond acceptors (Lipinski definition) is 6. The lowest BCUT2D eigenvalue weighted by Gasteiger charge is -2.28. The van der Waals surface area contributed by atoms with Crippen molar-refractivity contribution in [1.82, 2.24) is 24.6 Å². The second-order valence-corrected chi connectivity index (χ2v) is 11.4. The molecule has 34 heavy (non-hydrogen) atoms. The van der Waals surface area contributed by atoms with Crippen LogP contribution >= 0.6 is 22.7 Å². The van der Waals surface area contributed by atoms with Gasteiger partial charge in [-0.3, -0.25) is 14.3 Å². The molecule has 3 aliphatic rings. The third-order valence-corrected chi connectivity index (χ3v) is 8.97. The number of nitrogens with zero attached hydrogens (tertiary/aromatic N) is 5. The smallest absolute Gasteiger partial charge is 0.274 e. The first-order valence-corrected chi connectivity index (χ1v) is 14.0. The Balaban J connectivity index is 1.28. The van der Waals surface area contributed by atoms with Gasteiger partial charge in [-0.2, -0.15) is 5.10 Å². The molecule has 0 atom stereocenters. The summed E-state index contributed by atoms with van der Waals surface area (Å²) in [4.78, 5) is 35.9. The summed E-state index contributed by atoms with van der Waals surface area (Å²) in [5.41, 5.74) is 7.85. The van der Waals surface area contributed by atoms with E-state index < -0.39 is 0 Å². The van der Waals surface area contributed by atoms with Crippen LogP contribution in [0.2, 0.25) is 0 Å². The molecule has 0 radical (unpaired) electrons. The van der Waals surface area contributed by atoms with Crippen LogP contribution in [0, 0.1) is 5.92 Å². The van der Waals surface area contributed by atoms with Crippen LogP contribution in [0.3, 0.4) is 0 Å². The molecule has 178 valence electrons. The van der Waals surface area contributed by atoms with Crippen molar-refractivity contribution in [3.8, 4) is 0 Å². The lowest BCUT2D eigenvalue weighted by molar-refractivity contribution is 0.0724. The molecule has 1 fully saturated rings. The largest absolute Gasteiger partial charge is 0.334 e. The maximum atomic E-state index is 13.6. The Hall–Kier alpha value is -2.52. The lowest BCUT2D eigenvalue weighted by atomic mass is 9.93. The first-order chi connectivity index (χ1) is 16.6. The van der Waals surface area contributed by atoms with Crippen LogP contribution in [0.25, 0.3) is 0 Å². The summed E-state index contributed by atoms with van der Waals surface area (Å²) in [6, 6.07) is 0. The highest BCUT2D eigenvalue weighted by Crippen LogP contribution is 2.35. The predicted octanol–water partition coefficient (Wildman–Crippen LogP) is 4.16. The highest BCUT2D eigenvalue weighted by molar-refractivity contribution is 7.12. The Morgan fingerprint density at radius 3 is 2.79 bits per heavy atom. The second kappa shape index (κ2) is 8.92. The third-order valence-electron chi connectivity index (χ3n) is 7.28. The van der Waals surface area contributed by atoms with Crippen molar-refractivity contribution in [3.05, 3.63) is 54.9 Å². The van der Waals surface area contributed by atoms with Crippen molar-refractivity contribution >= 4 is 34.5 Å². The van der Waals surface area contributed by atoms with Gasteiger partial charge < -0.3 is 9.80 Å². The summed E-state index contributed by atoms with van der Waals surface area (Å²) < 4.78 is 2.06. The van der Waals surface area contributed by atoms with Crippen molar-refractivity contribution in [1.29, 1.82) is 0 Å². The average molecular weight is 496 g/mol. The molecule has 7 nitrogen and oxygen atoms in total. The van der Waals surface area contributed by atoms with E-state index in [4.69, 9.17) is 5.10 Å². The van der Waals surface area contributed by atoms with Crippen LogP contribution in [0.5, 0.6) is 0 Å². The van der Waals surface area contributed by atoms with Gasteiger partial charge in [-0.05, 0) is 60.9 Å². The van der Waals surface area contributed by atoms with Crippen LogP contribution < -0.4 is 0 Å². The van der Waals surface area contributed by atoms with Gasteiger partial charge in [-0.15, -0.1) is 22.7 Å². The van der Waals surface area contributed by atoms with Crippen LogP contribution in [0.15, 0.2) is 16.3 Å². The molecule has 0 unspecified atom stereocenters. The quantitative estimate of drug-likeness (QED) is 0.515. The molecular weight excluding hydrogens is 466 g/mol. The highest BCUT2D eigenvalue weighted by atomic mass is 32.1. The second-order valence-electron chi connectivity index (χ2n) is 9.79. The Bertz CT molecular complexity index is 1220. The van der Waals surface area contributed by atoms with Gasteiger partial charge >= 0.3 is 0 Å². The minimum Gasteiger partial charge on any atom is -0.334 e. The molecule has 9 heteroatoms. The fraction of sp³-hybridized carbons (Fsp3) is 0.520. The van der Waals surface area contributed by atoms with Gasteiger partial charge in [0.1, 0.15) is 0 Å². The fourth-order valence-corrected chi connectivity index (χ4v) is 6.86. The first-order valence-electron chi connectivity index (χ1n) is 12.2. The Labute approximate surface area is 207 Å². The fourth-order valence-electron chi connectivity index (χ4n) is 5.19. The number of aromatic nitrogens is 3. The van der Waals surface area contributed by atoms with Gasteiger partial charge in [0.25, 0.3) is 11.8 Å². The van der Waals surface area contributed by atoms with E-state index in [2.05, 4.69) is 15.0 Å². The maximum Gasteiger partial charge on any atom is 0.274 e. The van der Waals surface area contributed by atoms with Gasteiger partial charge in [0.05, 0.1) is 29.2 Å². The zero-order valence-corrected chi connectivity index (χ0v) is 21.1. The minimum absolute atomic E-state index is 0.0957. The normalized spacial score (nSPS) is 17.4. The van der Waals surface area contributed by atoms with Crippen molar-refractivity contribution in [2.75, 3.05) is 13.6 Å². The Morgan fingerprint density at radius 1 is 1.15 bits per heavy atom. The van der Waals surface area contributed by atoms with E-state index in [0.717, 1.165) is 54.1 Å². The summed E-state index contributed by atoms with van der Waals surface area (Å²) in [7, 11) is 1.80. The van der Waals surface area contributed by atoms with E-state index >= 15 is 0 Å². The van der Waals surface area contributed by atoms with Gasteiger partial charge in [0.15, 0.2) is 5.69 Å². The molecule has 0 N–H and O–H groups in total. The number of carbonyl (C=O) groups excluding carboxylic acids is 2. The zero-order chi connectivity index (χ0) is 23.2. The van der Waals surface area contributed by atoms with Crippen LogP contribution in [-0.2, 0) is 38.9 Å². The number of thiophene rings is 1. The van der Waals surface area contributed by atoms with Crippen LogP contribution in [0.1, 0.15) is 73.9 Å². The number of thiazole rings is 1. The van der Waals surface area contributed by atoms with E-state index in [1.165, 1.54) is 41.7 Å². The van der Waals surface area contributed by atoms with Gasteiger partial charge in [0.2, 0.25) is 0 Å². The topological polar surface area (TPSA) is 71.3 Å². The molecular formula is C25H29N5O2S2. The molecule has 4 heterocycles. The van der Waals surface area contributed by atoms with Crippen LogP contribution in [-0.4, -0.2) is 50.0 Å². The monoisotopic (exact) mass is 495 g/mol. The van der Waals surface area contributed by atoms with Gasteiger partial charge in [-0.1, -0.05) is 0 Å². The SMILES string of the molecule is CN(Cc1cscn1)C(=O)c1nn(CC2CC2)c2c1CN(C(=O)c1scc3c1CCCC3)CC2. The molecule has 0 spiro atoms. The summed E-state index contributed by atoms with van der Waals surface area (Å²) >= 11 is 3.12. The lowest BCUT2D eigenvalue weighted by Crippen LogP contribution is -2.37. The molecule has 6 rings (SSSR count). The van der Waals surface area contributed by atoms with E-state index in [-0.39, 0.29) is 11.8 Å². The van der Waals surface area contributed by atoms with Crippen molar-refractivity contribution in [2.24, 2.45) is 5.92 Å². The molecule has 3 aromatic rings. The maximum absolute atomic E-state index is 13.6. The van der Waals surface area contributed by atoms with Gasteiger partial charge in [-0.25, -0.2) is 4.98 Å². The highest BCUT2D eigenvalue weighted by Gasteiger charge is 2.34. The number of aryl methyl sites for hydroxylation is 1. The molecule has 0 bridgehead atoms. The van der Waals surface area contributed by atoms with E-state index in [1.807, 2.05) is 10.3 Å². The van der Waals surface area contributed by atoms with E-state index in [1.54, 1.807) is 28.8 Å². The Morgan fingerprint density at radius 2 is 2.00 bits per heavy atom. The van der Waals surface area contributed by atoms with Crippen LogP contribution in [0.4, 0.5) is 0 Å². The number of hydrogen-bond donors (Lipinski definition) is 0. The third kappa shape index (κ3) is 4.09. The minimum atomic E-state index is -0.0957. The Kier molecular flexibility index (Phi) is 5.77. The molecule has 0 aromatic carbocycles. The van der Waals surface area contributed by atoms with Gasteiger partial charge in [0, 0.05) is 43.2 Å². The summed E-state index contributed by atoms with van der Waals surface area (Å²) in [6.45, 7) is 2.46. The summed E-state index contributed by atoms with van der Waals surface area (Å²) in [5.74, 6) is 0.682. The summed E-state index contributed by atoms with van der Waals surface area (Å²) in [6.07, 6.45) is 7.67.